The SMILES string of the molecule is CC(CC1CCCC1)C1CNCCO1. The lowest BCUT2D eigenvalue weighted by atomic mass is 9.90. The summed E-state index contributed by atoms with van der Waals surface area (Å²) in [5, 5.41) is 3.42. The molecule has 0 spiro atoms. The second-order valence-corrected chi connectivity index (χ2v) is 4.98. The molecule has 0 aromatic heterocycles. The molecule has 1 N–H and O–H groups in total. The average molecular weight is 197 g/mol. The normalized spacial score (nSPS) is 31.9. The Kier molecular flexibility index (Phi) is 3.82. The summed E-state index contributed by atoms with van der Waals surface area (Å²) in [5.41, 5.74) is 0. The molecule has 2 heteroatoms. The molecule has 2 atom stereocenters. The third-order valence-corrected chi connectivity index (χ3v) is 3.77. The van der Waals surface area contributed by atoms with Gasteiger partial charge in [-0.2, -0.15) is 0 Å². The topological polar surface area (TPSA) is 21.3 Å². The molecule has 0 aromatic rings. The lowest BCUT2D eigenvalue weighted by molar-refractivity contribution is -0.0102. The van der Waals surface area contributed by atoms with E-state index in [1.54, 1.807) is 0 Å². The molecule has 1 saturated carbocycles. The minimum atomic E-state index is 0.476. The van der Waals surface area contributed by atoms with Gasteiger partial charge in [-0.1, -0.05) is 32.6 Å². The molecule has 0 radical (unpaired) electrons. The van der Waals surface area contributed by atoms with Crippen molar-refractivity contribution in [3.8, 4) is 0 Å². The van der Waals surface area contributed by atoms with Crippen molar-refractivity contribution in [2.75, 3.05) is 19.7 Å². The van der Waals surface area contributed by atoms with Crippen LogP contribution in [0.1, 0.15) is 39.0 Å². The van der Waals surface area contributed by atoms with Crippen molar-refractivity contribution in [3.63, 3.8) is 0 Å². The van der Waals surface area contributed by atoms with Gasteiger partial charge in [-0.15, -0.1) is 0 Å². The van der Waals surface area contributed by atoms with E-state index in [4.69, 9.17) is 4.74 Å². The zero-order valence-corrected chi connectivity index (χ0v) is 9.30. The maximum atomic E-state index is 5.79. The number of rotatable bonds is 3. The fourth-order valence-electron chi connectivity index (χ4n) is 2.87. The van der Waals surface area contributed by atoms with E-state index in [9.17, 15) is 0 Å². The van der Waals surface area contributed by atoms with Crippen LogP contribution in [-0.4, -0.2) is 25.8 Å². The molecule has 1 aliphatic carbocycles. The maximum Gasteiger partial charge on any atom is 0.0725 e. The van der Waals surface area contributed by atoms with Gasteiger partial charge in [0.15, 0.2) is 0 Å². The molecule has 2 nitrogen and oxygen atoms in total. The highest BCUT2D eigenvalue weighted by molar-refractivity contribution is 4.77. The highest BCUT2D eigenvalue weighted by Crippen LogP contribution is 2.31. The molecule has 1 aliphatic heterocycles. The molecular weight excluding hydrogens is 174 g/mol. The summed E-state index contributed by atoms with van der Waals surface area (Å²) >= 11 is 0. The quantitative estimate of drug-likeness (QED) is 0.749. The summed E-state index contributed by atoms with van der Waals surface area (Å²) < 4.78 is 5.79. The summed E-state index contributed by atoms with van der Waals surface area (Å²) in [6.07, 6.45) is 7.70. The molecule has 0 bridgehead atoms. The van der Waals surface area contributed by atoms with Crippen LogP contribution in [-0.2, 0) is 4.74 Å². The van der Waals surface area contributed by atoms with E-state index in [1.807, 2.05) is 0 Å². The van der Waals surface area contributed by atoms with Crippen LogP contribution in [0.2, 0.25) is 0 Å². The summed E-state index contributed by atoms with van der Waals surface area (Å²) in [6.45, 7) is 5.36. The molecule has 2 fully saturated rings. The standard InChI is InChI=1S/C12H23NO/c1-10(8-11-4-2-3-5-11)12-9-13-6-7-14-12/h10-13H,2-9H2,1H3. The van der Waals surface area contributed by atoms with Gasteiger partial charge in [-0.05, 0) is 18.3 Å². The van der Waals surface area contributed by atoms with Crippen LogP contribution in [0.25, 0.3) is 0 Å². The van der Waals surface area contributed by atoms with E-state index in [0.29, 0.717) is 6.10 Å². The van der Waals surface area contributed by atoms with E-state index in [1.165, 1.54) is 32.1 Å². The molecular formula is C12H23NO. The van der Waals surface area contributed by atoms with Gasteiger partial charge in [0.05, 0.1) is 12.7 Å². The van der Waals surface area contributed by atoms with Gasteiger partial charge >= 0.3 is 0 Å². The van der Waals surface area contributed by atoms with Gasteiger partial charge in [0.2, 0.25) is 0 Å². The van der Waals surface area contributed by atoms with Crippen LogP contribution >= 0.6 is 0 Å². The molecule has 1 saturated heterocycles. The Hall–Kier alpha value is -0.0800. The van der Waals surface area contributed by atoms with Crippen molar-refractivity contribution in [2.45, 2.75) is 45.1 Å². The van der Waals surface area contributed by atoms with Gasteiger partial charge in [0.1, 0.15) is 0 Å². The van der Waals surface area contributed by atoms with Crippen LogP contribution in [0.4, 0.5) is 0 Å². The predicted molar refractivity (Wildman–Crippen MR) is 58.3 cm³/mol. The van der Waals surface area contributed by atoms with Crippen molar-refractivity contribution in [1.29, 1.82) is 0 Å². The van der Waals surface area contributed by atoms with Gasteiger partial charge in [-0.25, -0.2) is 0 Å². The zero-order valence-electron chi connectivity index (χ0n) is 9.30. The Morgan fingerprint density at radius 2 is 2.14 bits per heavy atom. The van der Waals surface area contributed by atoms with Crippen LogP contribution in [0.5, 0.6) is 0 Å². The summed E-state index contributed by atoms with van der Waals surface area (Å²) in [5.74, 6) is 1.74. The smallest absolute Gasteiger partial charge is 0.0725 e. The largest absolute Gasteiger partial charge is 0.375 e. The van der Waals surface area contributed by atoms with Crippen molar-refractivity contribution in [3.05, 3.63) is 0 Å². The van der Waals surface area contributed by atoms with Crippen molar-refractivity contribution in [1.82, 2.24) is 5.32 Å². The first-order valence-electron chi connectivity index (χ1n) is 6.18. The third kappa shape index (κ3) is 2.71. The minimum Gasteiger partial charge on any atom is -0.375 e. The Morgan fingerprint density at radius 1 is 1.36 bits per heavy atom. The first-order chi connectivity index (χ1) is 6.86. The lowest BCUT2D eigenvalue weighted by Crippen LogP contribution is -2.42. The Morgan fingerprint density at radius 3 is 2.79 bits per heavy atom. The van der Waals surface area contributed by atoms with E-state index < -0.39 is 0 Å². The fourth-order valence-corrected chi connectivity index (χ4v) is 2.87. The first-order valence-corrected chi connectivity index (χ1v) is 6.18. The monoisotopic (exact) mass is 197 g/mol. The highest BCUT2D eigenvalue weighted by Gasteiger charge is 2.25. The number of morpholine rings is 1. The number of nitrogens with one attached hydrogen (secondary N) is 1. The van der Waals surface area contributed by atoms with Gasteiger partial charge in [0.25, 0.3) is 0 Å². The summed E-state index contributed by atoms with van der Waals surface area (Å²) in [6, 6.07) is 0. The molecule has 0 aromatic carbocycles. The second kappa shape index (κ2) is 5.13. The molecule has 2 unspecified atom stereocenters. The third-order valence-electron chi connectivity index (χ3n) is 3.77. The fraction of sp³-hybridized carbons (Fsp3) is 1.00. The second-order valence-electron chi connectivity index (χ2n) is 4.98. The number of hydrogen-bond donors (Lipinski definition) is 1. The Bertz CT molecular complexity index is 160. The van der Waals surface area contributed by atoms with Gasteiger partial charge in [-0.3, -0.25) is 0 Å². The van der Waals surface area contributed by atoms with Gasteiger partial charge < -0.3 is 10.1 Å². The van der Waals surface area contributed by atoms with E-state index >= 15 is 0 Å². The van der Waals surface area contributed by atoms with Crippen LogP contribution < -0.4 is 5.32 Å². The van der Waals surface area contributed by atoms with E-state index in [-0.39, 0.29) is 0 Å². The van der Waals surface area contributed by atoms with Crippen LogP contribution in [0.15, 0.2) is 0 Å². The Balaban J connectivity index is 1.72. The van der Waals surface area contributed by atoms with Crippen molar-refractivity contribution >= 4 is 0 Å². The predicted octanol–water partition coefficient (Wildman–Crippen LogP) is 2.19. The molecule has 1 heterocycles. The minimum absolute atomic E-state index is 0.476. The van der Waals surface area contributed by atoms with Crippen LogP contribution in [0.3, 0.4) is 0 Å². The summed E-state index contributed by atoms with van der Waals surface area (Å²) in [4.78, 5) is 0. The first kappa shape index (κ1) is 10.4. The number of hydrogen-bond acceptors (Lipinski definition) is 2. The highest BCUT2D eigenvalue weighted by atomic mass is 16.5. The van der Waals surface area contributed by atoms with Crippen molar-refractivity contribution in [2.24, 2.45) is 11.8 Å². The van der Waals surface area contributed by atoms with E-state index in [0.717, 1.165) is 31.5 Å². The van der Waals surface area contributed by atoms with Crippen LogP contribution in [0, 0.1) is 11.8 Å². The number of ether oxygens (including phenoxy) is 1. The molecule has 0 amide bonds. The molecule has 14 heavy (non-hydrogen) atoms. The van der Waals surface area contributed by atoms with Gasteiger partial charge in [0, 0.05) is 13.1 Å². The average Bonchev–Trinajstić information content (AvgIpc) is 2.72. The lowest BCUT2D eigenvalue weighted by Gasteiger charge is -2.30. The van der Waals surface area contributed by atoms with E-state index in [2.05, 4.69) is 12.2 Å². The molecule has 2 aliphatic rings. The summed E-state index contributed by atoms with van der Waals surface area (Å²) in [7, 11) is 0. The maximum absolute atomic E-state index is 5.79. The molecule has 2 rings (SSSR count). The molecule has 82 valence electrons. The van der Waals surface area contributed by atoms with Crippen molar-refractivity contribution < 1.29 is 4.74 Å². The zero-order chi connectivity index (χ0) is 9.80. The Labute approximate surface area is 87.4 Å².